The van der Waals surface area contributed by atoms with Crippen LogP contribution in [0.4, 0.5) is 0 Å². The predicted octanol–water partition coefficient (Wildman–Crippen LogP) is 2.28. The van der Waals surface area contributed by atoms with Gasteiger partial charge in [0.25, 0.3) is 0 Å². The van der Waals surface area contributed by atoms with Gasteiger partial charge in [-0.3, -0.25) is 4.79 Å². The Balaban J connectivity index is 2.02. The van der Waals surface area contributed by atoms with Gasteiger partial charge < -0.3 is 5.32 Å². The van der Waals surface area contributed by atoms with E-state index >= 15 is 0 Å². The summed E-state index contributed by atoms with van der Waals surface area (Å²) in [6.07, 6.45) is 1.08. The zero-order valence-corrected chi connectivity index (χ0v) is 14.5. The van der Waals surface area contributed by atoms with Crippen LogP contribution in [-0.4, -0.2) is 38.8 Å². The van der Waals surface area contributed by atoms with Crippen molar-refractivity contribution >= 4 is 39.1 Å². The van der Waals surface area contributed by atoms with E-state index in [0.717, 1.165) is 0 Å². The van der Waals surface area contributed by atoms with Gasteiger partial charge in [0.1, 0.15) is 0 Å². The van der Waals surface area contributed by atoms with E-state index < -0.39 is 10.0 Å². The van der Waals surface area contributed by atoms with E-state index in [4.69, 9.17) is 23.2 Å². The number of piperidine rings is 1. The Bertz CT molecular complexity index is 656. The maximum atomic E-state index is 12.4. The molecule has 0 unspecified atom stereocenters. The molecular formula is C14H18Cl2N2O3S. The monoisotopic (exact) mass is 364 g/mol. The predicted molar refractivity (Wildman–Crippen MR) is 87.4 cm³/mol. The first-order chi connectivity index (χ1) is 10.3. The fourth-order valence-corrected chi connectivity index (χ4v) is 4.40. The summed E-state index contributed by atoms with van der Waals surface area (Å²) in [6.45, 7) is 0.726. The molecule has 0 saturated carbocycles. The minimum atomic E-state index is -3.42. The highest BCUT2D eigenvalue weighted by Gasteiger charge is 2.30. The number of amides is 1. The largest absolute Gasteiger partial charge is 0.359 e. The minimum Gasteiger partial charge on any atom is -0.359 e. The lowest BCUT2D eigenvalue weighted by molar-refractivity contribution is -0.125. The van der Waals surface area contributed by atoms with Crippen molar-refractivity contribution in [3.8, 4) is 0 Å². The number of nitrogens with one attached hydrogen (secondary N) is 1. The molecule has 0 atom stereocenters. The van der Waals surface area contributed by atoms with Crippen LogP contribution in [0, 0.1) is 5.92 Å². The van der Waals surface area contributed by atoms with E-state index in [1.54, 1.807) is 25.2 Å². The second kappa shape index (κ2) is 7.17. The molecule has 1 saturated heterocycles. The maximum Gasteiger partial charge on any atom is 0.222 e. The molecule has 1 aromatic rings. The normalized spacial score (nSPS) is 17.4. The topological polar surface area (TPSA) is 66.5 Å². The molecule has 122 valence electrons. The third-order valence-electron chi connectivity index (χ3n) is 3.80. The average molecular weight is 365 g/mol. The fraction of sp³-hybridized carbons (Fsp3) is 0.500. The first-order valence-corrected chi connectivity index (χ1v) is 9.33. The Kier molecular flexibility index (Phi) is 5.71. The lowest BCUT2D eigenvalue weighted by Gasteiger charge is -2.30. The summed E-state index contributed by atoms with van der Waals surface area (Å²) >= 11 is 11.7. The van der Waals surface area contributed by atoms with Gasteiger partial charge in [-0.25, -0.2) is 12.7 Å². The van der Waals surface area contributed by atoms with Crippen LogP contribution < -0.4 is 5.32 Å². The second-order valence-electron chi connectivity index (χ2n) is 5.29. The Morgan fingerprint density at radius 3 is 2.45 bits per heavy atom. The molecule has 1 aromatic carbocycles. The highest BCUT2D eigenvalue weighted by Crippen LogP contribution is 2.25. The molecule has 1 amide bonds. The first kappa shape index (κ1) is 17.5. The summed E-state index contributed by atoms with van der Waals surface area (Å²) in [7, 11) is -1.83. The molecule has 1 N–H and O–H groups in total. The Labute approximate surface area is 140 Å². The summed E-state index contributed by atoms with van der Waals surface area (Å²) in [4.78, 5) is 11.6. The van der Waals surface area contributed by atoms with Gasteiger partial charge in [-0.1, -0.05) is 29.3 Å². The molecule has 0 aliphatic carbocycles. The molecule has 1 aliphatic heterocycles. The molecule has 0 bridgehead atoms. The summed E-state index contributed by atoms with van der Waals surface area (Å²) < 4.78 is 26.3. The van der Waals surface area contributed by atoms with Gasteiger partial charge in [-0.15, -0.1) is 0 Å². The summed E-state index contributed by atoms with van der Waals surface area (Å²) in [5.74, 6) is -0.253. The molecule has 1 aliphatic rings. The molecule has 22 heavy (non-hydrogen) atoms. The SMILES string of the molecule is CNC(=O)C1CCN(S(=O)(=O)Cc2ccc(Cl)c(Cl)c2)CC1. The average Bonchev–Trinajstić information content (AvgIpc) is 2.50. The third kappa shape index (κ3) is 4.13. The van der Waals surface area contributed by atoms with E-state index in [2.05, 4.69) is 5.32 Å². The molecule has 8 heteroatoms. The van der Waals surface area contributed by atoms with Crippen molar-refractivity contribution < 1.29 is 13.2 Å². The lowest BCUT2D eigenvalue weighted by atomic mass is 9.97. The van der Waals surface area contributed by atoms with E-state index in [-0.39, 0.29) is 17.6 Å². The minimum absolute atomic E-state index is 0.0264. The van der Waals surface area contributed by atoms with Crippen LogP contribution in [-0.2, 0) is 20.6 Å². The van der Waals surface area contributed by atoms with Crippen molar-refractivity contribution in [2.45, 2.75) is 18.6 Å². The number of sulfonamides is 1. The van der Waals surface area contributed by atoms with Gasteiger partial charge in [0, 0.05) is 26.1 Å². The standard InChI is InChI=1S/C14H18Cl2N2O3S/c1-17-14(19)11-4-6-18(7-5-11)22(20,21)9-10-2-3-12(15)13(16)8-10/h2-3,8,11H,4-7,9H2,1H3,(H,17,19). The zero-order valence-electron chi connectivity index (χ0n) is 12.2. The van der Waals surface area contributed by atoms with E-state index in [1.807, 2.05) is 0 Å². The van der Waals surface area contributed by atoms with Crippen molar-refractivity contribution in [2.24, 2.45) is 5.92 Å². The fourth-order valence-electron chi connectivity index (χ4n) is 2.53. The number of rotatable bonds is 4. The number of nitrogens with zero attached hydrogens (tertiary/aromatic N) is 1. The number of carbonyl (C=O) groups is 1. The highest BCUT2D eigenvalue weighted by atomic mass is 35.5. The number of halogens is 2. The quantitative estimate of drug-likeness (QED) is 0.890. The van der Waals surface area contributed by atoms with E-state index in [0.29, 0.717) is 41.5 Å². The number of hydrogen-bond acceptors (Lipinski definition) is 3. The van der Waals surface area contributed by atoms with Gasteiger partial charge in [0.15, 0.2) is 0 Å². The van der Waals surface area contributed by atoms with Crippen LogP contribution in [0.1, 0.15) is 18.4 Å². The van der Waals surface area contributed by atoms with Crippen LogP contribution in [0.25, 0.3) is 0 Å². The second-order valence-corrected chi connectivity index (χ2v) is 8.08. The molecule has 0 spiro atoms. The number of benzene rings is 1. The third-order valence-corrected chi connectivity index (χ3v) is 6.39. The Hall–Kier alpha value is -0.820. The van der Waals surface area contributed by atoms with Gasteiger partial charge >= 0.3 is 0 Å². The van der Waals surface area contributed by atoms with Crippen LogP contribution in [0.2, 0.25) is 10.0 Å². The van der Waals surface area contributed by atoms with Crippen molar-refractivity contribution in [2.75, 3.05) is 20.1 Å². The van der Waals surface area contributed by atoms with Crippen molar-refractivity contribution in [1.82, 2.24) is 9.62 Å². The van der Waals surface area contributed by atoms with Crippen molar-refractivity contribution in [1.29, 1.82) is 0 Å². The molecule has 5 nitrogen and oxygen atoms in total. The number of hydrogen-bond donors (Lipinski definition) is 1. The van der Waals surface area contributed by atoms with E-state index in [9.17, 15) is 13.2 Å². The molecule has 2 rings (SSSR count). The summed E-state index contributed by atoms with van der Waals surface area (Å²) in [5, 5.41) is 3.34. The van der Waals surface area contributed by atoms with Crippen LogP contribution >= 0.6 is 23.2 Å². The summed E-state index contributed by atoms with van der Waals surface area (Å²) in [6, 6.07) is 4.81. The van der Waals surface area contributed by atoms with E-state index in [1.165, 1.54) is 4.31 Å². The molecule has 1 fully saturated rings. The van der Waals surface area contributed by atoms with Gasteiger partial charge in [0.05, 0.1) is 15.8 Å². The highest BCUT2D eigenvalue weighted by molar-refractivity contribution is 7.88. The Morgan fingerprint density at radius 1 is 1.27 bits per heavy atom. The maximum absolute atomic E-state index is 12.4. The summed E-state index contributed by atoms with van der Waals surface area (Å²) in [5.41, 5.74) is 0.600. The van der Waals surface area contributed by atoms with Crippen molar-refractivity contribution in [3.05, 3.63) is 33.8 Å². The van der Waals surface area contributed by atoms with Gasteiger partial charge in [0.2, 0.25) is 15.9 Å². The lowest BCUT2D eigenvalue weighted by Crippen LogP contribution is -2.42. The van der Waals surface area contributed by atoms with Crippen LogP contribution in [0.5, 0.6) is 0 Å². The van der Waals surface area contributed by atoms with Crippen LogP contribution in [0.3, 0.4) is 0 Å². The molecule has 0 aromatic heterocycles. The molecular weight excluding hydrogens is 347 g/mol. The van der Waals surface area contributed by atoms with Crippen LogP contribution in [0.15, 0.2) is 18.2 Å². The number of carbonyl (C=O) groups excluding carboxylic acids is 1. The molecule has 0 radical (unpaired) electrons. The van der Waals surface area contributed by atoms with Gasteiger partial charge in [-0.05, 0) is 30.5 Å². The first-order valence-electron chi connectivity index (χ1n) is 6.97. The van der Waals surface area contributed by atoms with Gasteiger partial charge in [-0.2, -0.15) is 0 Å². The Morgan fingerprint density at radius 2 is 1.91 bits per heavy atom. The zero-order chi connectivity index (χ0) is 16.3. The molecule has 1 heterocycles. The smallest absolute Gasteiger partial charge is 0.222 e. The van der Waals surface area contributed by atoms with Crippen molar-refractivity contribution in [3.63, 3.8) is 0 Å².